The Morgan fingerprint density at radius 1 is 1.14 bits per heavy atom. The van der Waals surface area contributed by atoms with Crippen molar-refractivity contribution < 1.29 is 4.79 Å². The molecule has 0 saturated heterocycles. The summed E-state index contributed by atoms with van der Waals surface area (Å²) in [6.45, 7) is 8.43. The highest BCUT2D eigenvalue weighted by molar-refractivity contribution is 5.87. The molecule has 0 aromatic rings. The number of carbonyl (C=O) groups excluding carboxylic acids is 1. The second kappa shape index (κ2) is 6.80. The van der Waals surface area contributed by atoms with Crippen LogP contribution in [0, 0.1) is 5.41 Å². The van der Waals surface area contributed by atoms with Crippen LogP contribution < -0.4 is 0 Å². The molecule has 0 bridgehead atoms. The Bertz CT molecular complexity index is 184. The Hall–Kier alpha value is -0.590. The van der Waals surface area contributed by atoms with Crippen molar-refractivity contribution in [3.63, 3.8) is 0 Å². The number of allylic oxidation sites excluding steroid dienone is 2. The molecule has 0 rings (SSSR count). The molecule has 0 fully saturated rings. The van der Waals surface area contributed by atoms with Crippen LogP contribution in [0.15, 0.2) is 12.2 Å². The largest absolute Gasteiger partial charge is 0.295 e. The summed E-state index contributed by atoms with van der Waals surface area (Å²) in [6.07, 6.45) is 9.78. The van der Waals surface area contributed by atoms with Crippen LogP contribution in [0.4, 0.5) is 0 Å². The quantitative estimate of drug-likeness (QED) is 0.461. The smallest absolute Gasteiger partial charge is 0.152 e. The molecule has 0 aliphatic rings. The average molecular weight is 196 g/mol. The summed E-state index contributed by atoms with van der Waals surface area (Å²) in [7, 11) is 0. The van der Waals surface area contributed by atoms with E-state index in [0.717, 1.165) is 6.42 Å². The van der Waals surface area contributed by atoms with E-state index in [0.29, 0.717) is 5.41 Å². The van der Waals surface area contributed by atoms with Gasteiger partial charge in [0.2, 0.25) is 0 Å². The van der Waals surface area contributed by atoms with E-state index in [1.54, 1.807) is 13.0 Å². The van der Waals surface area contributed by atoms with Crippen LogP contribution >= 0.6 is 0 Å². The summed E-state index contributed by atoms with van der Waals surface area (Å²) in [5.74, 6) is 0.152. The fraction of sp³-hybridized carbons (Fsp3) is 0.769. The minimum atomic E-state index is 0.152. The minimum absolute atomic E-state index is 0.152. The van der Waals surface area contributed by atoms with Crippen molar-refractivity contribution in [1.82, 2.24) is 0 Å². The van der Waals surface area contributed by atoms with Crippen molar-refractivity contribution in [2.24, 2.45) is 5.41 Å². The van der Waals surface area contributed by atoms with Crippen LogP contribution in [0.5, 0.6) is 0 Å². The molecule has 1 nitrogen and oxygen atoms in total. The molecular weight excluding hydrogens is 172 g/mol. The first kappa shape index (κ1) is 13.4. The van der Waals surface area contributed by atoms with Crippen LogP contribution in [0.1, 0.15) is 59.8 Å². The monoisotopic (exact) mass is 196 g/mol. The maximum Gasteiger partial charge on any atom is 0.152 e. The topological polar surface area (TPSA) is 17.1 Å². The van der Waals surface area contributed by atoms with Gasteiger partial charge in [-0.2, -0.15) is 0 Å². The maximum absolute atomic E-state index is 10.6. The lowest BCUT2D eigenvalue weighted by Crippen LogP contribution is -2.03. The Morgan fingerprint density at radius 3 is 2.29 bits per heavy atom. The molecule has 0 N–H and O–H groups in total. The Kier molecular flexibility index (Phi) is 6.52. The lowest BCUT2D eigenvalue weighted by Gasteiger charge is -2.17. The summed E-state index contributed by atoms with van der Waals surface area (Å²) in [5, 5.41) is 0. The van der Waals surface area contributed by atoms with Crippen molar-refractivity contribution in [3.8, 4) is 0 Å². The van der Waals surface area contributed by atoms with E-state index in [1.807, 2.05) is 6.08 Å². The molecule has 0 aliphatic heterocycles. The van der Waals surface area contributed by atoms with Crippen molar-refractivity contribution in [2.45, 2.75) is 59.8 Å². The van der Waals surface area contributed by atoms with Gasteiger partial charge in [-0.05, 0) is 37.7 Å². The zero-order valence-electron chi connectivity index (χ0n) is 10.1. The molecule has 0 atom stereocenters. The van der Waals surface area contributed by atoms with Gasteiger partial charge in [-0.15, -0.1) is 0 Å². The first-order chi connectivity index (χ1) is 6.42. The number of unbranched alkanes of at least 4 members (excludes halogenated alkanes) is 3. The molecule has 0 aliphatic carbocycles. The van der Waals surface area contributed by atoms with Crippen molar-refractivity contribution in [2.75, 3.05) is 0 Å². The van der Waals surface area contributed by atoms with Crippen LogP contribution in [0.3, 0.4) is 0 Å². The minimum Gasteiger partial charge on any atom is -0.295 e. The van der Waals surface area contributed by atoms with E-state index in [1.165, 1.54) is 25.7 Å². The van der Waals surface area contributed by atoms with E-state index in [9.17, 15) is 4.79 Å². The van der Waals surface area contributed by atoms with Gasteiger partial charge in [-0.3, -0.25) is 4.79 Å². The van der Waals surface area contributed by atoms with Crippen molar-refractivity contribution >= 4 is 5.78 Å². The fourth-order valence-electron chi connectivity index (χ4n) is 1.34. The molecule has 0 amide bonds. The van der Waals surface area contributed by atoms with Gasteiger partial charge in [-0.1, -0.05) is 39.7 Å². The van der Waals surface area contributed by atoms with Crippen LogP contribution in [0.25, 0.3) is 0 Å². The van der Waals surface area contributed by atoms with Gasteiger partial charge >= 0.3 is 0 Å². The van der Waals surface area contributed by atoms with Crippen LogP contribution in [-0.2, 0) is 4.79 Å². The molecule has 0 unspecified atom stereocenters. The van der Waals surface area contributed by atoms with E-state index < -0.39 is 0 Å². The summed E-state index contributed by atoms with van der Waals surface area (Å²) >= 11 is 0. The first-order valence-corrected chi connectivity index (χ1v) is 5.59. The number of rotatable bonds is 6. The van der Waals surface area contributed by atoms with Crippen LogP contribution in [0.2, 0.25) is 0 Å². The average Bonchev–Trinajstić information content (AvgIpc) is 2.00. The third kappa shape index (κ3) is 11.4. The number of carbonyl (C=O) groups is 1. The first-order valence-electron chi connectivity index (χ1n) is 5.59. The van der Waals surface area contributed by atoms with Gasteiger partial charge in [-0.25, -0.2) is 0 Å². The molecule has 0 saturated carbocycles. The lowest BCUT2D eigenvalue weighted by atomic mass is 9.89. The van der Waals surface area contributed by atoms with Crippen LogP contribution in [-0.4, -0.2) is 5.78 Å². The highest BCUT2D eigenvalue weighted by Gasteiger charge is 2.08. The lowest BCUT2D eigenvalue weighted by molar-refractivity contribution is -0.112. The van der Waals surface area contributed by atoms with E-state index >= 15 is 0 Å². The van der Waals surface area contributed by atoms with Gasteiger partial charge < -0.3 is 0 Å². The fourth-order valence-corrected chi connectivity index (χ4v) is 1.34. The molecule has 0 radical (unpaired) electrons. The zero-order chi connectivity index (χ0) is 11.0. The van der Waals surface area contributed by atoms with Gasteiger partial charge in [0.25, 0.3) is 0 Å². The summed E-state index contributed by atoms with van der Waals surface area (Å²) in [6, 6.07) is 0. The van der Waals surface area contributed by atoms with Crippen molar-refractivity contribution in [1.29, 1.82) is 0 Å². The van der Waals surface area contributed by atoms with Gasteiger partial charge in [0.05, 0.1) is 0 Å². The summed E-state index contributed by atoms with van der Waals surface area (Å²) < 4.78 is 0. The number of hydrogen-bond donors (Lipinski definition) is 0. The molecule has 0 aromatic heterocycles. The number of hydrogen-bond acceptors (Lipinski definition) is 1. The summed E-state index contributed by atoms with van der Waals surface area (Å²) in [4.78, 5) is 10.6. The molecule has 0 heterocycles. The second-order valence-electron chi connectivity index (χ2n) is 5.17. The van der Waals surface area contributed by atoms with E-state index in [4.69, 9.17) is 0 Å². The Morgan fingerprint density at radius 2 is 1.79 bits per heavy atom. The molecule has 0 spiro atoms. The Balaban J connectivity index is 3.27. The molecule has 0 aromatic carbocycles. The van der Waals surface area contributed by atoms with Gasteiger partial charge in [0, 0.05) is 0 Å². The van der Waals surface area contributed by atoms with E-state index in [-0.39, 0.29) is 5.78 Å². The molecule has 82 valence electrons. The SMILES string of the molecule is CC(=O)/C=C/CCCCCC(C)(C)C. The predicted octanol–water partition coefficient (Wildman–Crippen LogP) is 4.13. The van der Waals surface area contributed by atoms with Gasteiger partial charge in [0.1, 0.15) is 0 Å². The standard InChI is InChI=1S/C13H24O/c1-12(14)10-8-6-5-7-9-11-13(2,3)4/h8,10H,5-7,9,11H2,1-4H3/b10-8+. The normalized spacial score (nSPS) is 12.3. The number of ketones is 1. The van der Waals surface area contributed by atoms with Crippen molar-refractivity contribution in [3.05, 3.63) is 12.2 Å². The summed E-state index contributed by atoms with van der Waals surface area (Å²) in [5.41, 5.74) is 0.467. The molecule has 14 heavy (non-hydrogen) atoms. The van der Waals surface area contributed by atoms with E-state index in [2.05, 4.69) is 20.8 Å². The highest BCUT2D eigenvalue weighted by Crippen LogP contribution is 2.22. The predicted molar refractivity (Wildman–Crippen MR) is 62.4 cm³/mol. The van der Waals surface area contributed by atoms with Gasteiger partial charge in [0.15, 0.2) is 5.78 Å². The molecule has 1 heteroatoms. The maximum atomic E-state index is 10.6. The highest BCUT2D eigenvalue weighted by atomic mass is 16.1. The zero-order valence-corrected chi connectivity index (χ0v) is 10.1. The Labute approximate surface area is 88.6 Å². The third-order valence-electron chi connectivity index (χ3n) is 2.15. The second-order valence-corrected chi connectivity index (χ2v) is 5.17. The molecular formula is C13H24O. The third-order valence-corrected chi connectivity index (χ3v) is 2.15.